The first-order valence-corrected chi connectivity index (χ1v) is 20.7. The number of carbonyl (C=O) groups excluding carboxylic acids is 2. The van der Waals surface area contributed by atoms with E-state index in [1.54, 1.807) is 63.0 Å². The maximum atomic E-state index is 14.9. The smallest absolute Gasteiger partial charge is 0.198 e. The first kappa shape index (κ1) is 39.1. The minimum absolute atomic E-state index is 0.0764. The molecule has 10 heteroatoms. The van der Waals surface area contributed by atoms with Crippen molar-refractivity contribution in [3.05, 3.63) is 156 Å². The Balaban J connectivity index is 1.21. The van der Waals surface area contributed by atoms with Crippen molar-refractivity contribution in [3.63, 3.8) is 0 Å². The summed E-state index contributed by atoms with van der Waals surface area (Å²) < 4.78 is 25.6. The number of aromatic nitrogens is 2. The van der Waals surface area contributed by atoms with Crippen LogP contribution in [-0.2, 0) is 0 Å². The summed E-state index contributed by atoms with van der Waals surface area (Å²) >= 11 is 0. The van der Waals surface area contributed by atoms with Crippen molar-refractivity contribution >= 4 is 33.4 Å². The monoisotopic (exact) mass is 800 g/mol. The van der Waals surface area contributed by atoms with Gasteiger partial charge in [0.05, 0.1) is 36.4 Å². The van der Waals surface area contributed by atoms with Crippen molar-refractivity contribution in [1.29, 1.82) is 0 Å². The molecule has 10 nitrogen and oxygen atoms in total. The van der Waals surface area contributed by atoms with Crippen molar-refractivity contribution in [1.82, 2.24) is 20.6 Å². The van der Waals surface area contributed by atoms with E-state index in [9.17, 15) is 9.59 Å². The van der Waals surface area contributed by atoms with E-state index in [0.29, 0.717) is 34.1 Å². The van der Waals surface area contributed by atoms with Gasteiger partial charge in [-0.15, -0.1) is 13.2 Å². The second-order valence-corrected chi connectivity index (χ2v) is 15.8. The molecule has 0 bridgehead atoms. The Morgan fingerprint density at radius 1 is 0.617 bits per heavy atom. The van der Waals surface area contributed by atoms with Crippen LogP contribution in [0.1, 0.15) is 93.7 Å². The van der Waals surface area contributed by atoms with E-state index in [4.69, 9.17) is 18.9 Å². The van der Waals surface area contributed by atoms with Crippen molar-refractivity contribution in [2.45, 2.75) is 74.9 Å². The van der Waals surface area contributed by atoms with Gasteiger partial charge in [0.15, 0.2) is 11.6 Å². The standard InChI is InChI=1S/C50H48N4O6/c1-5-29-11-9-15-41(53-29)49(35-23-25-51-39-19-17-31(57-3)27-37(35)39)59-43-21-22-44(46-45(43)47(55)33-13-7-8-14-34(33)48(46)56)60-50(42-16-10-12-30(6-2)54-42)36-24-26-52-40-20-18-32(58-4)28-38(36)40/h5-8,13-14,17-30,41-42,49-50,53-54H,1-2,9-12,15-16H2,3-4H3/t29-,30-,41-,42-,49+,50+/m1/s1. The number of carbonyl (C=O) groups is 2. The largest absolute Gasteiger partial charge is 0.497 e. The average molecular weight is 801 g/mol. The fraction of sp³-hybridized carbons (Fsp3) is 0.280. The van der Waals surface area contributed by atoms with Crippen LogP contribution in [0.15, 0.2) is 123 Å². The molecule has 4 aromatic carbocycles. The van der Waals surface area contributed by atoms with Crippen LogP contribution >= 0.6 is 0 Å². The van der Waals surface area contributed by atoms with Crippen LogP contribution in [0, 0.1) is 0 Å². The second kappa shape index (κ2) is 16.7. The van der Waals surface area contributed by atoms with Crippen molar-refractivity contribution in [2.75, 3.05) is 14.2 Å². The van der Waals surface area contributed by atoms with Crippen LogP contribution in [0.25, 0.3) is 21.8 Å². The van der Waals surface area contributed by atoms with Crippen LogP contribution in [0.2, 0.25) is 0 Å². The lowest BCUT2D eigenvalue weighted by atomic mass is 9.82. The first-order valence-electron chi connectivity index (χ1n) is 20.7. The van der Waals surface area contributed by atoms with Gasteiger partial charge in [-0.3, -0.25) is 19.6 Å². The van der Waals surface area contributed by atoms with E-state index < -0.39 is 12.2 Å². The van der Waals surface area contributed by atoms with Crippen LogP contribution in [-0.4, -0.2) is 59.9 Å². The highest BCUT2D eigenvalue weighted by Crippen LogP contribution is 2.44. The molecule has 2 aliphatic heterocycles. The average Bonchev–Trinajstić information content (AvgIpc) is 3.31. The molecule has 4 heterocycles. The Kier molecular flexibility index (Phi) is 10.9. The summed E-state index contributed by atoms with van der Waals surface area (Å²) in [6.45, 7) is 8.17. The van der Waals surface area contributed by atoms with Crippen molar-refractivity contribution < 1.29 is 28.5 Å². The van der Waals surface area contributed by atoms with Gasteiger partial charge in [0, 0.05) is 69.6 Å². The number of ketones is 2. The lowest BCUT2D eigenvalue weighted by molar-refractivity contribution is 0.0945. The molecular weight excluding hydrogens is 753 g/mol. The fourth-order valence-corrected chi connectivity index (χ4v) is 9.25. The molecule has 2 aromatic heterocycles. The molecule has 9 rings (SSSR count). The van der Waals surface area contributed by atoms with Gasteiger partial charge < -0.3 is 29.6 Å². The summed E-state index contributed by atoms with van der Waals surface area (Å²) in [5.41, 5.74) is 4.32. The first-order chi connectivity index (χ1) is 29.4. The Morgan fingerprint density at radius 3 is 1.48 bits per heavy atom. The van der Waals surface area contributed by atoms with Gasteiger partial charge in [0.1, 0.15) is 35.2 Å². The topological polar surface area (TPSA) is 121 Å². The number of hydrogen-bond acceptors (Lipinski definition) is 10. The Morgan fingerprint density at radius 2 is 1.07 bits per heavy atom. The van der Waals surface area contributed by atoms with Crippen LogP contribution < -0.4 is 29.6 Å². The summed E-state index contributed by atoms with van der Waals surface area (Å²) in [5, 5.41) is 9.25. The second-order valence-electron chi connectivity index (χ2n) is 15.8. The summed E-state index contributed by atoms with van der Waals surface area (Å²) in [6, 6.07) is 25.8. The lowest BCUT2D eigenvalue weighted by Crippen LogP contribution is -2.46. The highest BCUT2D eigenvalue weighted by molar-refractivity contribution is 6.30. The molecule has 0 unspecified atom stereocenters. The summed E-state index contributed by atoms with van der Waals surface area (Å²) in [6.07, 6.45) is 11.7. The molecular formula is C50H48N4O6. The Hall–Kier alpha value is -6.36. The van der Waals surface area contributed by atoms with Crippen molar-refractivity contribution in [2.24, 2.45) is 0 Å². The summed E-state index contributed by atoms with van der Waals surface area (Å²) in [5.74, 6) is 1.36. The number of rotatable bonds is 12. The lowest BCUT2D eigenvalue weighted by Gasteiger charge is -2.37. The van der Waals surface area contributed by atoms with E-state index in [1.807, 2.05) is 60.7 Å². The molecule has 0 radical (unpaired) electrons. The van der Waals surface area contributed by atoms with Gasteiger partial charge >= 0.3 is 0 Å². The fourth-order valence-electron chi connectivity index (χ4n) is 9.25. The highest BCUT2D eigenvalue weighted by atomic mass is 16.5. The van der Waals surface area contributed by atoms with Gasteiger partial charge in [-0.05, 0) is 99.2 Å². The molecule has 0 saturated carbocycles. The zero-order chi connectivity index (χ0) is 41.3. The highest BCUT2D eigenvalue weighted by Gasteiger charge is 2.40. The van der Waals surface area contributed by atoms with Gasteiger partial charge in [-0.1, -0.05) is 36.4 Å². The molecule has 0 spiro atoms. The van der Waals surface area contributed by atoms with Crippen LogP contribution in [0.5, 0.6) is 23.0 Å². The number of nitrogens with one attached hydrogen (secondary N) is 2. The predicted octanol–water partition coefficient (Wildman–Crippen LogP) is 9.21. The van der Waals surface area contributed by atoms with Crippen LogP contribution in [0.4, 0.5) is 0 Å². The SMILES string of the molecule is C=C[C@@H]1CCC[C@H]([C@@H](Oc2ccc(O[C@@H](c3ccnc4ccc(OC)cc34)[C@H]3CCC[C@@H](C=C)N3)c3c2C(=O)c2ccccc2C3=O)c2ccnc3ccc(OC)cc23)N1. The number of fused-ring (bicyclic) bond motifs is 4. The Bertz CT molecular complexity index is 2460. The molecule has 60 heavy (non-hydrogen) atoms. The molecule has 3 aliphatic rings. The molecule has 6 atom stereocenters. The van der Waals surface area contributed by atoms with E-state index in [2.05, 4.69) is 33.8 Å². The number of methoxy groups -OCH3 is 2. The van der Waals surface area contributed by atoms with E-state index in [1.165, 1.54) is 0 Å². The Labute approximate surface area is 349 Å². The molecule has 2 fully saturated rings. The van der Waals surface area contributed by atoms with Crippen LogP contribution in [0.3, 0.4) is 0 Å². The molecule has 0 amide bonds. The third-order valence-corrected chi connectivity index (χ3v) is 12.3. The number of benzene rings is 4. The van der Waals surface area contributed by atoms with E-state index in [-0.39, 0.29) is 46.9 Å². The predicted molar refractivity (Wildman–Crippen MR) is 233 cm³/mol. The number of hydrogen-bond donors (Lipinski definition) is 2. The maximum Gasteiger partial charge on any atom is 0.198 e. The molecule has 1 aliphatic carbocycles. The van der Waals surface area contributed by atoms with Gasteiger partial charge in [0.25, 0.3) is 0 Å². The van der Waals surface area contributed by atoms with Crippen molar-refractivity contribution in [3.8, 4) is 23.0 Å². The zero-order valence-corrected chi connectivity index (χ0v) is 33.9. The number of piperidine rings is 2. The van der Waals surface area contributed by atoms with Gasteiger partial charge in [-0.2, -0.15) is 0 Å². The third-order valence-electron chi connectivity index (χ3n) is 12.3. The minimum Gasteiger partial charge on any atom is -0.497 e. The van der Waals surface area contributed by atoms with Gasteiger partial charge in [0.2, 0.25) is 0 Å². The molecule has 2 N–H and O–H groups in total. The maximum absolute atomic E-state index is 14.9. The summed E-state index contributed by atoms with van der Waals surface area (Å²) in [7, 11) is 3.28. The third kappa shape index (κ3) is 7.20. The zero-order valence-electron chi connectivity index (χ0n) is 33.9. The number of ether oxygens (including phenoxy) is 4. The molecule has 304 valence electrons. The number of pyridine rings is 2. The van der Waals surface area contributed by atoms with E-state index in [0.717, 1.165) is 71.5 Å². The van der Waals surface area contributed by atoms with Gasteiger partial charge in [-0.25, -0.2) is 0 Å². The summed E-state index contributed by atoms with van der Waals surface area (Å²) in [4.78, 5) is 39.1. The van der Waals surface area contributed by atoms with E-state index >= 15 is 0 Å². The minimum atomic E-state index is -0.588. The molecule has 2 saturated heterocycles. The number of nitrogens with zero attached hydrogens (tertiary/aromatic N) is 2. The normalized spacial score (nSPS) is 21.0. The quantitative estimate of drug-likeness (QED) is 0.116. The molecule has 6 aromatic rings.